The Hall–Kier alpha value is -6.00. The molecule has 2 aliphatic heterocycles. The van der Waals surface area contributed by atoms with E-state index >= 15 is 0 Å². The SMILES string of the molecule is CC(C)(C)c1cc2cc(C(C)(C)C)cc3c4/c(=c5\nc(-c6ccccc6O)c6c7cc(C(C)(C)C)cc8cc(C(C)(C)C)cc(c5=6)c87)nc(-c5ccccc5O)c=4c(c1)c23. The average Bonchev–Trinajstić information content (AvgIpc) is 3.91. The number of phenolic OH excluding ortho intramolecular Hbond substituents is 2. The molecule has 2 aliphatic carbocycles. The Morgan fingerprint density at radius 1 is 0.367 bits per heavy atom. The third-order valence-electron chi connectivity index (χ3n) is 13.1. The summed E-state index contributed by atoms with van der Waals surface area (Å²) in [4.78, 5) is 11.4. The summed E-state index contributed by atoms with van der Waals surface area (Å²) < 4.78 is 0. The van der Waals surface area contributed by atoms with Gasteiger partial charge in [-0.2, -0.15) is 0 Å². The Kier molecular flexibility index (Phi) is 7.83. The Bertz CT molecular complexity index is 3340. The molecule has 0 aromatic heterocycles. The van der Waals surface area contributed by atoms with Gasteiger partial charge in [0.1, 0.15) is 11.5 Å². The van der Waals surface area contributed by atoms with Gasteiger partial charge in [-0.3, -0.25) is 0 Å². The van der Waals surface area contributed by atoms with Gasteiger partial charge in [-0.1, -0.05) is 132 Å². The first-order valence-corrected chi connectivity index (χ1v) is 21.4. The normalized spacial score (nSPS) is 14.1. The van der Waals surface area contributed by atoms with E-state index in [4.69, 9.17) is 9.97 Å². The number of phenols is 2. The van der Waals surface area contributed by atoms with Crippen molar-refractivity contribution in [3.63, 3.8) is 0 Å². The highest BCUT2D eigenvalue weighted by molar-refractivity contribution is 6.15. The maximum Gasteiger partial charge on any atom is 0.124 e. The van der Waals surface area contributed by atoms with Crippen molar-refractivity contribution in [1.82, 2.24) is 9.97 Å². The van der Waals surface area contributed by atoms with E-state index < -0.39 is 0 Å². The van der Waals surface area contributed by atoms with Gasteiger partial charge in [0.25, 0.3) is 0 Å². The lowest BCUT2D eigenvalue weighted by Gasteiger charge is -2.23. The second-order valence-corrected chi connectivity index (χ2v) is 21.4. The van der Waals surface area contributed by atoms with Crippen molar-refractivity contribution in [1.29, 1.82) is 0 Å². The highest BCUT2D eigenvalue weighted by Crippen LogP contribution is 2.45. The Morgan fingerprint density at radius 2 is 0.650 bits per heavy atom. The maximum atomic E-state index is 11.6. The molecular weight excluding hydrogens is 733 g/mol. The minimum absolute atomic E-state index is 0.106. The van der Waals surface area contributed by atoms with Gasteiger partial charge in [-0.15, -0.1) is 0 Å². The van der Waals surface area contributed by atoms with Crippen molar-refractivity contribution in [2.45, 2.75) is 105 Å². The van der Waals surface area contributed by atoms with Crippen molar-refractivity contribution in [2.75, 3.05) is 0 Å². The molecule has 0 atom stereocenters. The number of rotatable bonds is 2. The van der Waals surface area contributed by atoms with Gasteiger partial charge < -0.3 is 10.2 Å². The van der Waals surface area contributed by atoms with Crippen molar-refractivity contribution in [2.24, 2.45) is 0 Å². The number of aromatic hydroxyl groups is 2. The van der Waals surface area contributed by atoms with Crippen LogP contribution in [-0.4, -0.2) is 20.2 Å². The van der Waals surface area contributed by atoms with Crippen LogP contribution in [-0.2, 0) is 21.7 Å². The first-order valence-electron chi connectivity index (χ1n) is 21.4. The molecule has 300 valence electrons. The summed E-state index contributed by atoms with van der Waals surface area (Å²) in [6.45, 7) is 27.3. The summed E-state index contributed by atoms with van der Waals surface area (Å²) in [6.07, 6.45) is 0. The predicted octanol–water partition coefficient (Wildman–Crippen LogP) is 14.1. The number of hydrogen-bond donors (Lipinski definition) is 2. The molecule has 6 aromatic carbocycles. The second-order valence-electron chi connectivity index (χ2n) is 21.4. The van der Waals surface area contributed by atoms with Crippen LogP contribution in [0, 0.1) is 31.6 Å². The number of aromatic nitrogens is 2. The molecule has 60 heavy (non-hydrogen) atoms. The van der Waals surface area contributed by atoms with E-state index in [0.29, 0.717) is 11.1 Å². The minimum atomic E-state index is -0.116. The Labute approximate surface area is 351 Å². The van der Waals surface area contributed by atoms with Crippen LogP contribution in [0.5, 0.6) is 11.5 Å². The molecule has 0 spiro atoms. The van der Waals surface area contributed by atoms with Crippen LogP contribution >= 0.6 is 0 Å². The van der Waals surface area contributed by atoms with E-state index in [2.05, 4.69) is 132 Å². The summed E-state index contributed by atoms with van der Waals surface area (Å²) in [6, 6.07) is 34.1. The average molecular weight is 787 g/mol. The molecule has 4 heteroatoms. The number of para-hydroxylation sites is 2. The largest absolute Gasteiger partial charge is 0.507 e. The number of hydrogen-bond acceptors (Lipinski definition) is 4. The summed E-state index contributed by atoms with van der Waals surface area (Å²) in [7, 11) is 0. The molecule has 2 heterocycles. The standard InChI is InChI=1S/C56H54N2O2/c1-53(2,3)31-21-29-23-33(55(7,8)9)27-39-43(29)37(25-31)45-47(39)51(57-49(45)35-17-13-15-19-41(35)59)52-48-40-28-34(56(10,11)12)24-30-22-32(54(4,5)6)26-38(44(30)40)46(48)50(58-52)36-18-14-16-20-42(36)60/h13-28,59-60H,1-12H3/b52-51+. The number of benzene rings is 6. The summed E-state index contributed by atoms with van der Waals surface area (Å²) in [5, 5.41) is 38.3. The predicted molar refractivity (Wildman–Crippen MR) is 249 cm³/mol. The van der Waals surface area contributed by atoms with Gasteiger partial charge in [0.05, 0.1) is 22.1 Å². The molecule has 0 fully saturated rings. The summed E-state index contributed by atoms with van der Waals surface area (Å²) in [5.74, 6) is 0.382. The lowest BCUT2D eigenvalue weighted by molar-refractivity contribution is 0.476. The lowest BCUT2D eigenvalue weighted by Crippen LogP contribution is -2.12. The first kappa shape index (κ1) is 38.2. The number of fused-ring (bicyclic) bond motifs is 4. The Balaban J connectivity index is 1.58. The fourth-order valence-corrected chi connectivity index (χ4v) is 9.60. The fourth-order valence-electron chi connectivity index (χ4n) is 9.60. The zero-order valence-electron chi connectivity index (χ0n) is 37.0. The smallest absolute Gasteiger partial charge is 0.124 e. The van der Waals surface area contributed by atoms with E-state index in [1.807, 2.05) is 36.4 Å². The molecule has 0 unspecified atom stereocenters. The van der Waals surface area contributed by atoms with E-state index in [1.165, 1.54) is 43.8 Å². The van der Waals surface area contributed by atoms with E-state index in [9.17, 15) is 10.2 Å². The molecule has 0 amide bonds. The van der Waals surface area contributed by atoms with Crippen molar-refractivity contribution >= 4 is 43.1 Å². The van der Waals surface area contributed by atoms with Gasteiger partial charge in [-0.25, -0.2) is 9.97 Å². The van der Waals surface area contributed by atoms with Crippen molar-refractivity contribution in [3.8, 4) is 34.0 Å². The molecule has 0 saturated heterocycles. The van der Waals surface area contributed by atoms with Crippen LogP contribution in [0.1, 0.15) is 105 Å². The number of nitrogens with zero attached hydrogens (tertiary/aromatic N) is 2. The maximum absolute atomic E-state index is 11.6. The van der Waals surface area contributed by atoms with Gasteiger partial charge in [0, 0.05) is 32.0 Å². The molecule has 0 radical (unpaired) electrons. The molecule has 0 bridgehead atoms. The van der Waals surface area contributed by atoms with Crippen LogP contribution in [0.3, 0.4) is 0 Å². The molecule has 2 N–H and O–H groups in total. The fraction of sp³-hybridized carbons (Fsp3) is 0.286. The summed E-state index contributed by atoms with van der Waals surface area (Å²) >= 11 is 0. The first-order chi connectivity index (χ1) is 28.1. The van der Waals surface area contributed by atoms with Gasteiger partial charge in [0.15, 0.2) is 0 Å². The molecule has 10 rings (SSSR count). The van der Waals surface area contributed by atoms with Crippen molar-refractivity contribution < 1.29 is 10.2 Å². The minimum Gasteiger partial charge on any atom is -0.507 e. The van der Waals surface area contributed by atoms with Crippen LogP contribution in [0.4, 0.5) is 0 Å². The van der Waals surface area contributed by atoms with Crippen LogP contribution in [0.2, 0.25) is 0 Å². The molecule has 6 aromatic rings. The van der Waals surface area contributed by atoms with Crippen LogP contribution < -0.4 is 0 Å². The summed E-state index contributed by atoms with van der Waals surface area (Å²) in [5.41, 5.74) is 7.45. The second kappa shape index (κ2) is 12.3. The quantitative estimate of drug-likeness (QED) is 0.183. The van der Waals surface area contributed by atoms with Crippen LogP contribution in [0.25, 0.3) is 65.6 Å². The Morgan fingerprint density at radius 3 is 0.933 bits per heavy atom. The lowest BCUT2D eigenvalue weighted by atomic mass is 9.82. The topological polar surface area (TPSA) is 66.2 Å². The van der Waals surface area contributed by atoms with E-state index in [0.717, 1.165) is 64.5 Å². The third-order valence-corrected chi connectivity index (χ3v) is 13.1. The van der Waals surface area contributed by atoms with Crippen LogP contribution in [0.15, 0.2) is 97.1 Å². The highest BCUT2D eigenvalue weighted by atomic mass is 16.3. The van der Waals surface area contributed by atoms with Gasteiger partial charge in [0.2, 0.25) is 0 Å². The van der Waals surface area contributed by atoms with Gasteiger partial charge in [-0.05, 0) is 136 Å². The molecule has 4 nitrogen and oxygen atoms in total. The third kappa shape index (κ3) is 5.56. The van der Waals surface area contributed by atoms with E-state index in [-0.39, 0.29) is 33.2 Å². The molecular formula is C56H54N2O2. The molecule has 0 saturated carbocycles. The van der Waals surface area contributed by atoms with E-state index in [1.54, 1.807) is 12.1 Å². The molecule has 4 aliphatic rings. The zero-order chi connectivity index (χ0) is 42.6. The zero-order valence-corrected chi connectivity index (χ0v) is 37.0. The van der Waals surface area contributed by atoms with Gasteiger partial charge >= 0.3 is 0 Å². The van der Waals surface area contributed by atoms with Crippen molar-refractivity contribution in [3.05, 3.63) is 151 Å². The highest BCUT2D eigenvalue weighted by Gasteiger charge is 2.28. The monoisotopic (exact) mass is 786 g/mol.